The molecule has 0 bridgehead atoms. The van der Waals surface area contributed by atoms with E-state index in [1.807, 2.05) is 32.9 Å². The zero-order valence-electron chi connectivity index (χ0n) is 30.6. The van der Waals surface area contributed by atoms with Crippen LogP contribution in [0.25, 0.3) is 0 Å². The predicted octanol–water partition coefficient (Wildman–Crippen LogP) is 3.77. The fraction of sp³-hybridized carbons (Fsp3) is 0.378. The van der Waals surface area contributed by atoms with Crippen LogP contribution in [0.3, 0.4) is 0 Å². The fourth-order valence-electron chi connectivity index (χ4n) is 5.17. The lowest BCUT2D eigenvalue weighted by molar-refractivity contribution is -0.144. The molecule has 3 aromatic carbocycles. The zero-order chi connectivity index (χ0) is 38.6. The molecular formula is C37H50N8O7. The minimum atomic E-state index is -1.15. The van der Waals surface area contributed by atoms with Gasteiger partial charge in [0.25, 0.3) is 5.91 Å². The Morgan fingerprint density at radius 2 is 1.46 bits per heavy atom. The Kier molecular flexibility index (Phi) is 14.7. The summed E-state index contributed by atoms with van der Waals surface area (Å²) in [5, 5.41) is 5.09. The number of ether oxygens (including phenoxy) is 1. The summed E-state index contributed by atoms with van der Waals surface area (Å²) < 4.78 is 5.34. The van der Waals surface area contributed by atoms with Crippen molar-refractivity contribution in [1.82, 2.24) is 9.80 Å². The number of hydrogen-bond acceptors (Lipinski definition) is 11. The van der Waals surface area contributed by atoms with Crippen LogP contribution < -0.4 is 37.7 Å². The van der Waals surface area contributed by atoms with E-state index >= 15 is 0 Å². The number of nitrogens with two attached hydrogens (primary N) is 3. The average molecular weight is 719 g/mol. The van der Waals surface area contributed by atoms with Gasteiger partial charge in [-0.1, -0.05) is 44.2 Å². The van der Waals surface area contributed by atoms with Gasteiger partial charge in [0.15, 0.2) is 5.78 Å². The predicted molar refractivity (Wildman–Crippen MR) is 199 cm³/mol. The van der Waals surface area contributed by atoms with Crippen LogP contribution >= 0.6 is 0 Å². The van der Waals surface area contributed by atoms with E-state index in [4.69, 9.17) is 22.3 Å². The van der Waals surface area contributed by atoms with Crippen molar-refractivity contribution < 1.29 is 33.5 Å². The van der Waals surface area contributed by atoms with E-state index < -0.39 is 35.9 Å². The summed E-state index contributed by atoms with van der Waals surface area (Å²) in [6.07, 6.45) is 0.352. The molecule has 0 radical (unpaired) electrons. The second-order valence-corrected chi connectivity index (χ2v) is 13.2. The normalized spacial score (nSPS) is 11.0. The summed E-state index contributed by atoms with van der Waals surface area (Å²) in [7, 11) is 1.42. The summed E-state index contributed by atoms with van der Waals surface area (Å²) >= 11 is 0. The Balaban J connectivity index is 1.75. The molecule has 4 amide bonds. The summed E-state index contributed by atoms with van der Waals surface area (Å²) in [5.74, 6) is 15.6. The number of benzene rings is 3. The highest BCUT2D eigenvalue weighted by Gasteiger charge is 2.32. The Bertz CT molecular complexity index is 1710. The number of Topliss-reactive ketones (excluding diaryl/α,β-unsaturated/α-hetero) is 1. The molecule has 0 spiro atoms. The lowest BCUT2D eigenvalue weighted by Crippen LogP contribution is -2.51. The molecule has 0 atom stereocenters. The van der Waals surface area contributed by atoms with Gasteiger partial charge in [0, 0.05) is 18.8 Å². The zero-order valence-corrected chi connectivity index (χ0v) is 30.6. The largest absolute Gasteiger partial charge is 0.496 e. The van der Waals surface area contributed by atoms with Crippen molar-refractivity contribution in [3.63, 3.8) is 0 Å². The van der Waals surface area contributed by atoms with E-state index in [9.17, 15) is 24.0 Å². The van der Waals surface area contributed by atoms with Gasteiger partial charge < -0.3 is 24.7 Å². The third-order valence-corrected chi connectivity index (χ3v) is 8.42. The first-order chi connectivity index (χ1) is 24.6. The molecule has 3 rings (SSSR count). The van der Waals surface area contributed by atoms with E-state index in [0.29, 0.717) is 29.2 Å². The standard InChI is InChI=1S/C37H50N8O7/c1-25(2)19-21-42(33(47)24-43(22-20-34(48)52-40)35(49)29-12-8-10-14-31(29)51-6)23-32(46)37(4,5)41-27-15-17-28(18-16-27)44(38)36(50)45(39)30-13-9-7-11-26(30)3/h7-18,25,41H,19-24,38-40H2,1-6H3. The van der Waals surface area contributed by atoms with Gasteiger partial charge in [0.2, 0.25) is 5.91 Å². The maximum atomic E-state index is 13.8. The summed E-state index contributed by atoms with van der Waals surface area (Å²) in [5.41, 5.74) is 1.29. The molecule has 15 nitrogen and oxygen atoms in total. The van der Waals surface area contributed by atoms with Gasteiger partial charge in [-0.25, -0.2) is 26.5 Å². The minimum Gasteiger partial charge on any atom is -0.496 e. The number of amides is 4. The molecular weight excluding hydrogens is 668 g/mol. The molecule has 0 aliphatic heterocycles. The van der Waals surface area contributed by atoms with Crippen LogP contribution in [0.4, 0.5) is 21.9 Å². The SMILES string of the molecule is COc1ccccc1C(=O)N(CCC(=O)ON)CC(=O)N(CCC(C)C)CC(=O)C(C)(C)Nc1ccc(N(N)C(=O)N(N)c2ccccc2C)cc1. The number of hydrogen-bond donors (Lipinski definition) is 4. The average Bonchev–Trinajstić information content (AvgIpc) is 3.13. The summed E-state index contributed by atoms with van der Waals surface area (Å²) in [6.45, 7) is 8.66. The summed E-state index contributed by atoms with van der Waals surface area (Å²) in [4.78, 5) is 73.0. The monoisotopic (exact) mass is 718 g/mol. The number of hydrazine groups is 2. The van der Waals surface area contributed by atoms with Crippen molar-refractivity contribution in [2.75, 3.05) is 48.6 Å². The molecule has 0 unspecified atom stereocenters. The van der Waals surface area contributed by atoms with Gasteiger partial charge in [-0.05, 0) is 81.1 Å². The van der Waals surface area contributed by atoms with Gasteiger partial charge in [-0.2, -0.15) is 5.90 Å². The number of aryl methyl sites for hydroxylation is 1. The Morgan fingerprint density at radius 3 is 2.08 bits per heavy atom. The number of anilines is 3. The molecule has 0 aliphatic rings. The molecule has 0 heterocycles. The van der Waals surface area contributed by atoms with Crippen LogP contribution in [-0.2, 0) is 19.2 Å². The van der Waals surface area contributed by atoms with Crippen LogP contribution in [0.1, 0.15) is 56.5 Å². The van der Waals surface area contributed by atoms with Crippen molar-refractivity contribution in [3.8, 4) is 5.75 Å². The van der Waals surface area contributed by atoms with Gasteiger partial charge in [0.05, 0.1) is 42.6 Å². The van der Waals surface area contributed by atoms with E-state index in [2.05, 4.69) is 10.2 Å². The maximum absolute atomic E-state index is 13.8. The van der Waals surface area contributed by atoms with E-state index in [1.165, 1.54) is 16.9 Å². The molecule has 15 heteroatoms. The second-order valence-electron chi connectivity index (χ2n) is 13.2. The number of ketones is 1. The molecule has 0 aliphatic carbocycles. The quantitative estimate of drug-likeness (QED) is 0.0898. The van der Waals surface area contributed by atoms with Crippen LogP contribution in [0.2, 0.25) is 0 Å². The number of rotatable bonds is 17. The molecule has 7 N–H and O–H groups in total. The number of para-hydroxylation sites is 2. The third kappa shape index (κ3) is 11.0. The number of methoxy groups -OCH3 is 1. The molecule has 280 valence electrons. The van der Waals surface area contributed by atoms with Crippen LogP contribution in [0.5, 0.6) is 5.75 Å². The van der Waals surface area contributed by atoms with Crippen LogP contribution in [0, 0.1) is 12.8 Å². The molecule has 52 heavy (non-hydrogen) atoms. The third-order valence-electron chi connectivity index (χ3n) is 8.42. The fourth-order valence-corrected chi connectivity index (χ4v) is 5.17. The lowest BCUT2D eigenvalue weighted by atomic mass is 9.97. The Morgan fingerprint density at radius 1 is 0.827 bits per heavy atom. The molecule has 0 saturated heterocycles. The molecule has 3 aromatic rings. The highest BCUT2D eigenvalue weighted by molar-refractivity contribution is 6.02. The highest BCUT2D eigenvalue weighted by atomic mass is 16.7. The van der Waals surface area contributed by atoms with Crippen molar-refractivity contribution in [3.05, 3.63) is 83.9 Å². The van der Waals surface area contributed by atoms with Gasteiger partial charge in [0.1, 0.15) is 12.3 Å². The Labute approximate surface area is 304 Å². The van der Waals surface area contributed by atoms with Gasteiger partial charge in [-0.3, -0.25) is 19.2 Å². The first kappa shape index (κ1) is 40.9. The highest BCUT2D eigenvalue weighted by Crippen LogP contribution is 2.24. The first-order valence-electron chi connectivity index (χ1n) is 16.8. The number of urea groups is 1. The van der Waals surface area contributed by atoms with Crippen molar-refractivity contribution in [2.45, 2.75) is 53.0 Å². The van der Waals surface area contributed by atoms with Gasteiger partial charge in [-0.15, -0.1) is 0 Å². The van der Waals surface area contributed by atoms with E-state index in [1.54, 1.807) is 74.5 Å². The van der Waals surface area contributed by atoms with Crippen molar-refractivity contribution in [2.24, 2.45) is 23.5 Å². The lowest BCUT2D eigenvalue weighted by Gasteiger charge is -2.32. The second kappa shape index (κ2) is 18.6. The van der Waals surface area contributed by atoms with Crippen molar-refractivity contribution >= 4 is 46.7 Å². The van der Waals surface area contributed by atoms with E-state index in [0.717, 1.165) is 15.6 Å². The number of carbonyl (C=O) groups excluding carboxylic acids is 5. The van der Waals surface area contributed by atoms with Crippen LogP contribution in [0.15, 0.2) is 72.8 Å². The minimum absolute atomic E-state index is 0.158. The number of nitrogens with one attached hydrogen (secondary N) is 1. The molecule has 0 aromatic heterocycles. The molecule has 0 saturated carbocycles. The van der Waals surface area contributed by atoms with Crippen LogP contribution in [-0.4, -0.2) is 78.2 Å². The van der Waals surface area contributed by atoms with Gasteiger partial charge >= 0.3 is 12.0 Å². The molecule has 0 fully saturated rings. The van der Waals surface area contributed by atoms with E-state index in [-0.39, 0.29) is 43.3 Å². The van der Waals surface area contributed by atoms with Crippen molar-refractivity contribution in [1.29, 1.82) is 0 Å². The maximum Gasteiger partial charge on any atom is 0.357 e. The number of nitrogens with zero attached hydrogens (tertiary/aromatic N) is 4. The summed E-state index contributed by atoms with van der Waals surface area (Å²) in [6, 6.07) is 19.6. The number of carbonyl (C=O) groups is 5. The Hall–Kier alpha value is -5.51. The topological polar surface area (TPSA) is 207 Å². The smallest absolute Gasteiger partial charge is 0.357 e. The first-order valence-corrected chi connectivity index (χ1v) is 16.8.